The summed E-state index contributed by atoms with van der Waals surface area (Å²) in [6, 6.07) is 4.10. The molecule has 0 heterocycles. The minimum atomic E-state index is -3.72. The van der Waals surface area contributed by atoms with Gasteiger partial charge in [0.25, 0.3) is 0 Å². The van der Waals surface area contributed by atoms with Crippen molar-refractivity contribution in [3.8, 4) is 0 Å². The van der Waals surface area contributed by atoms with E-state index in [2.05, 4.69) is 4.72 Å². The first-order valence-electron chi connectivity index (χ1n) is 6.79. The topological polar surface area (TPSA) is 83.5 Å². The summed E-state index contributed by atoms with van der Waals surface area (Å²) in [7, 11) is -3.72. The molecule has 1 atom stereocenters. The van der Waals surface area contributed by atoms with Gasteiger partial charge in [0.15, 0.2) is 0 Å². The van der Waals surface area contributed by atoms with E-state index in [-0.39, 0.29) is 21.8 Å². The predicted octanol–water partition coefficient (Wildman–Crippen LogP) is 2.65. The summed E-state index contributed by atoms with van der Waals surface area (Å²) in [5.74, 6) is -0.996. The van der Waals surface area contributed by atoms with Gasteiger partial charge < -0.3 is 5.11 Å². The molecule has 118 valence electrons. The van der Waals surface area contributed by atoms with Crippen molar-refractivity contribution in [2.45, 2.75) is 39.5 Å². The normalized spacial score (nSPS) is 14.0. The Kier molecular flexibility index (Phi) is 5.17. The number of aryl methyl sites for hydroxylation is 1. The third-order valence-corrected chi connectivity index (χ3v) is 5.35. The summed E-state index contributed by atoms with van der Waals surface area (Å²) in [4.78, 5) is 11.0. The fourth-order valence-electron chi connectivity index (χ4n) is 1.64. The molecule has 0 fully saturated rings. The zero-order chi connectivity index (χ0) is 16.4. The molecule has 1 aromatic rings. The highest BCUT2D eigenvalue weighted by Gasteiger charge is 2.24. The second-order valence-electron chi connectivity index (χ2n) is 6.40. The number of benzene rings is 1. The zero-order valence-electron chi connectivity index (χ0n) is 13.1. The van der Waals surface area contributed by atoms with E-state index >= 15 is 0 Å². The smallest absolute Gasteiger partial charge is 0.335 e. The van der Waals surface area contributed by atoms with E-state index in [1.807, 2.05) is 27.7 Å². The fraction of sp³-hybridized carbons (Fsp3) is 0.533. The molecule has 0 aliphatic carbocycles. The molecule has 0 saturated heterocycles. The first-order chi connectivity index (χ1) is 9.45. The van der Waals surface area contributed by atoms with E-state index in [4.69, 9.17) is 5.11 Å². The Morgan fingerprint density at radius 2 is 1.90 bits per heavy atom. The van der Waals surface area contributed by atoms with Gasteiger partial charge in [-0.1, -0.05) is 33.8 Å². The number of carboxylic acid groups (broad SMARTS) is 1. The van der Waals surface area contributed by atoms with Crippen molar-refractivity contribution in [1.29, 1.82) is 0 Å². The molecule has 0 aliphatic rings. The minimum absolute atomic E-state index is 0.0134. The van der Waals surface area contributed by atoms with Gasteiger partial charge in [0.2, 0.25) is 10.0 Å². The quantitative estimate of drug-likeness (QED) is 0.875. The monoisotopic (exact) mass is 313 g/mol. The molecule has 0 radical (unpaired) electrons. The molecule has 1 rings (SSSR count). The van der Waals surface area contributed by atoms with E-state index in [1.54, 1.807) is 6.92 Å². The lowest BCUT2D eigenvalue weighted by atomic mass is 9.82. The summed E-state index contributed by atoms with van der Waals surface area (Å²) < 4.78 is 27.3. The van der Waals surface area contributed by atoms with Crippen LogP contribution in [-0.4, -0.2) is 26.0 Å². The second-order valence-corrected chi connectivity index (χ2v) is 8.14. The maximum absolute atomic E-state index is 12.4. The molecule has 0 saturated carbocycles. The van der Waals surface area contributed by atoms with E-state index < -0.39 is 16.0 Å². The lowest BCUT2D eigenvalue weighted by Crippen LogP contribution is -2.34. The average Bonchev–Trinajstić information content (AvgIpc) is 2.34. The lowest BCUT2D eigenvalue weighted by Gasteiger charge is -2.27. The molecule has 21 heavy (non-hydrogen) atoms. The number of carboxylic acids is 1. The first-order valence-corrected chi connectivity index (χ1v) is 8.27. The van der Waals surface area contributed by atoms with Gasteiger partial charge in [-0.2, -0.15) is 0 Å². The summed E-state index contributed by atoms with van der Waals surface area (Å²) in [5.41, 5.74) is 0.473. The van der Waals surface area contributed by atoms with Crippen LogP contribution in [-0.2, 0) is 10.0 Å². The predicted molar refractivity (Wildman–Crippen MR) is 81.9 cm³/mol. The zero-order valence-corrected chi connectivity index (χ0v) is 13.9. The molecule has 0 aromatic heterocycles. The van der Waals surface area contributed by atoms with Crippen LogP contribution < -0.4 is 4.72 Å². The van der Waals surface area contributed by atoms with Crippen LogP contribution in [0.1, 0.15) is 43.6 Å². The average molecular weight is 313 g/mol. The summed E-state index contributed by atoms with van der Waals surface area (Å²) in [6.07, 6.45) is 0. The van der Waals surface area contributed by atoms with E-state index in [0.717, 1.165) is 0 Å². The molecule has 5 nitrogen and oxygen atoms in total. The maximum atomic E-state index is 12.4. The van der Waals surface area contributed by atoms with Gasteiger partial charge in [0.1, 0.15) is 0 Å². The Morgan fingerprint density at radius 1 is 1.33 bits per heavy atom. The largest absolute Gasteiger partial charge is 0.478 e. The summed E-state index contributed by atoms with van der Waals surface area (Å²) in [5, 5.41) is 8.98. The van der Waals surface area contributed by atoms with Gasteiger partial charge in [0.05, 0.1) is 10.5 Å². The van der Waals surface area contributed by atoms with Gasteiger partial charge in [0, 0.05) is 6.54 Å². The Hall–Kier alpha value is -1.40. The van der Waals surface area contributed by atoms with Crippen molar-refractivity contribution in [2.24, 2.45) is 11.3 Å². The Balaban J connectivity index is 3.03. The Morgan fingerprint density at radius 3 is 2.38 bits per heavy atom. The highest BCUT2D eigenvalue weighted by molar-refractivity contribution is 7.89. The summed E-state index contributed by atoms with van der Waals surface area (Å²) >= 11 is 0. The Bertz CT molecular complexity index is 630. The van der Waals surface area contributed by atoms with Crippen LogP contribution in [0.3, 0.4) is 0 Å². The van der Waals surface area contributed by atoms with Gasteiger partial charge in [-0.25, -0.2) is 17.9 Å². The van der Waals surface area contributed by atoms with Crippen molar-refractivity contribution in [1.82, 2.24) is 4.72 Å². The first kappa shape index (κ1) is 17.7. The third kappa shape index (κ3) is 4.54. The van der Waals surface area contributed by atoms with Crippen molar-refractivity contribution >= 4 is 16.0 Å². The molecular weight excluding hydrogens is 290 g/mol. The van der Waals surface area contributed by atoms with Crippen LogP contribution in [0, 0.1) is 18.3 Å². The van der Waals surface area contributed by atoms with Crippen molar-refractivity contribution in [2.75, 3.05) is 6.54 Å². The highest BCUT2D eigenvalue weighted by Crippen LogP contribution is 2.25. The van der Waals surface area contributed by atoms with Crippen molar-refractivity contribution < 1.29 is 18.3 Å². The molecule has 1 aromatic carbocycles. The standard InChI is InChI=1S/C15H23NO4S/c1-10-6-7-12(14(17)18)8-13(10)21(19,20)16-9-11(2)15(3,4)5/h6-8,11,16H,9H2,1-5H3,(H,17,18). The van der Waals surface area contributed by atoms with Gasteiger partial charge in [-0.15, -0.1) is 0 Å². The number of sulfonamides is 1. The molecule has 0 bridgehead atoms. The second kappa shape index (κ2) is 6.15. The van der Waals surface area contributed by atoms with Crippen LogP contribution in [0.2, 0.25) is 0 Å². The van der Waals surface area contributed by atoms with Crippen molar-refractivity contribution in [3.05, 3.63) is 29.3 Å². The number of rotatable bonds is 5. The van der Waals surface area contributed by atoms with Gasteiger partial charge in [-0.3, -0.25) is 0 Å². The van der Waals surface area contributed by atoms with Crippen LogP contribution >= 0.6 is 0 Å². The lowest BCUT2D eigenvalue weighted by molar-refractivity contribution is 0.0696. The van der Waals surface area contributed by atoms with Crippen molar-refractivity contribution in [3.63, 3.8) is 0 Å². The van der Waals surface area contributed by atoms with E-state index in [0.29, 0.717) is 12.1 Å². The van der Waals surface area contributed by atoms with Gasteiger partial charge in [-0.05, 0) is 36.0 Å². The molecule has 1 unspecified atom stereocenters. The third-order valence-electron chi connectivity index (χ3n) is 3.78. The van der Waals surface area contributed by atoms with E-state index in [9.17, 15) is 13.2 Å². The fourth-order valence-corrected chi connectivity index (χ4v) is 3.04. The van der Waals surface area contributed by atoms with Crippen LogP contribution in [0.5, 0.6) is 0 Å². The Labute approximate surface area is 126 Å². The molecular formula is C15H23NO4S. The van der Waals surface area contributed by atoms with Crippen LogP contribution in [0.4, 0.5) is 0 Å². The van der Waals surface area contributed by atoms with Crippen LogP contribution in [0.15, 0.2) is 23.1 Å². The van der Waals surface area contributed by atoms with Gasteiger partial charge >= 0.3 is 5.97 Å². The number of hydrogen-bond donors (Lipinski definition) is 2. The molecule has 0 amide bonds. The SMILES string of the molecule is Cc1ccc(C(=O)O)cc1S(=O)(=O)NCC(C)C(C)(C)C. The van der Waals surface area contributed by atoms with E-state index in [1.165, 1.54) is 18.2 Å². The molecule has 0 spiro atoms. The number of hydrogen-bond acceptors (Lipinski definition) is 3. The molecule has 0 aliphatic heterocycles. The number of aromatic carboxylic acids is 1. The highest BCUT2D eigenvalue weighted by atomic mass is 32.2. The maximum Gasteiger partial charge on any atom is 0.335 e. The molecule has 2 N–H and O–H groups in total. The minimum Gasteiger partial charge on any atom is -0.478 e. The number of carbonyl (C=O) groups is 1. The summed E-state index contributed by atoms with van der Waals surface area (Å²) in [6.45, 7) is 10.1. The molecule has 6 heteroatoms. The number of nitrogens with one attached hydrogen (secondary N) is 1. The van der Waals surface area contributed by atoms with Crippen LogP contribution in [0.25, 0.3) is 0 Å².